The van der Waals surface area contributed by atoms with Crippen LogP contribution in [0.25, 0.3) is 0 Å². The van der Waals surface area contributed by atoms with Crippen LogP contribution >= 0.6 is 0 Å². The van der Waals surface area contributed by atoms with E-state index in [9.17, 15) is 5.11 Å². The fraction of sp³-hybridized carbons (Fsp3) is 0.471. The van der Waals surface area contributed by atoms with E-state index < -0.39 is 5.60 Å². The summed E-state index contributed by atoms with van der Waals surface area (Å²) in [5, 5.41) is 15.4. The SMILES string of the molecule is Cc1cnn(C)c1C1(O)CCCN(Cc2ccccc2)C1. The molecule has 0 spiro atoms. The zero-order valence-corrected chi connectivity index (χ0v) is 12.8. The predicted molar refractivity (Wildman–Crippen MR) is 82.8 cm³/mol. The Balaban J connectivity index is 1.79. The second-order valence-corrected chi connectivity index (χ2v) is 6.13. The van der Waals surface area contributed by atoms with Gasteiger partial charge in [-0.15, -0.1) is 0 Å². The van der Waals surface area contributed by atoms with Gasteiger partial charge < -0.3 is 5.11 Å². The smallest absolute Gasteiger partial charge is 0.119 e. The summed E-state index contributed by atoms with van der Waals surface area (Å²) in [7, 11) is 1.91. The fourth-order valence-electron chi connectivity index (χ4n) is 3.51. The van der Waals surface area contributed by atoms with Crippen molar-refractivity contribution in [2.24, 2.45) is 7.05 Å². The summed E-state index contributed by atoms with van der Waals surface area (Å²) in [5.74, 6) is 0. The zero-order valence-electron chi connectivity index (χ0n) is 12.8. The molecular weight excluding hydrogens is 262 g/mol. The number of hydrogen-bond donors (Lipinski definition) is 1. The van der Waals surface area contributed by atoms with E-state index in [2.05, 4.69) is 34.3 Å². The van der Waals surface area contributed by atoms with Gasteiger partial charge in [0.25, 0.3) is 0 Å². The van der Waals surface area contributed by atoms with Crippen LogP contribution in [0.3, 0.4) is 0 Å². The molecule has 1 saturated heterocycles. The molecule has 0 radical (unpaired) electrons. The number of hydrogen-bond acceptors (Lipinski definition) is 3. The normalized spacial score (nSPS) is 23.4. The van der Waals surface area contributed by atoms with E-state index in [-0.39, 0.29) is 0 Å². The molecule has 1 aromatic heterocycles. The number of aryl methyl sites for hydroxylation is 2. The van der Waals surface area contributed by atoms with Crippen LogP contribution in [0.1, 0.15) is 29.7 Å². The monoisotopic (exact) mass is 285 g/mol. The molecule has 3 rings (SSSR count). The lowest BCUT2D eigenvalue weighted by molar-refractivity contribution is -0.0443. The van der Waals surface area contributed by atoms with Crippen molar-refractivity contribution in [1.29, 1.82) is 0 Å². The minimum atomic E-state index is -0.789. The summed E-state index contributed by atoms with van der Waals surface area (Å²) in [5.41, 5.74) is 2.54. The van der Waals surface area contributed by atoms with E-state index in [1.54, 1.807) is 0 Å². The van der Waals surface area contributed by atoms with Crippen LogP contribution in [0.2, 0.25) is 0 Å². The summed E-state index contributed by atoms with van der Waals surface area (Å²) in [6.45, 7) is 4.62. The number of aromatic nitrogens is 2. The van der Waals surface area contributed by atoms with Crippen molar-refractivity contribution in [3.8, 4) is 0 Å². The molecule has 0 bridgehead atoms. The summed E-state index contributed by atoms with van der Waals surface area (Å²) < 4.78 is 1.82. The molecule has 1 aromatic carbocycles. The Kier molecular flexibility index (Phi) is 3.83. The molecule has 1 unspecified atom stereocenters. The van der Waals surface area contributed by atoms with Crippen LogP contribution in [0, 0.1) is 6.92 Å². The van der Waals surface area contributed by atoms with Gasteiger partial charge in [0.05, 0.1) is 11.9 Å². The standard InChI is InChI=1S/C17H23N3O/c1-14-11-18-19(2)16(14)17(21)9-6-10-20(13-17)12-15-7-4-3-5-8-15/h3-5,7-8,11,21H,6,9-10,12-13H2,1-2H3. The minimum absolute atomic E-state index is 0.669. The van der Waals surface area contributed by atoms with Gasteiger partial charge >= 0.3 is 0 Å². The second-order valence-electron chi connectivity index (χ2n) is 6.13. The van der Waals surface area contributed by atoms with Gasteiger partial charge in [-0.3, -0.25) is 9.58 Å². The Bertz CT molecular complexity index is 588. The lowest BCUT2D eigenvalue weighted by Gasteiger charge is -2.39. The highest BCUT2D eigenvalue weighted by molar-refractivity contribution is 5.24. The summed E-state index contributed by atoms with van der Waals surface area (Å²) >= 11 is 0. The van der Waals surface area contributed by atoms with Crippen molar-refractivity contribution in [2.45, 2.75) is 31.9 Å². The van der Waals surface area contributed by atoms with Gasteiger partial charge in [0, 0.05) is 20.1 Å². The molecule has 4 heteroatoms. The van der Waals surface area contributed by atoms with E-state index >= 15 is 0 Å². The Morgan fingerprint density at radius 1 is 1.29 bits per heavy atom. The molecule has 2 heterocycles. The van der Waals surface area contributed by atoms with Crippen molar-refractivity contribution < 1.29 is 5.11 Å². The molecule has 0 amide bonds. The van der Waals surface area contributed by atoms with Gasteiger partial charge in [-0.1, -0.05) is 30.3 Å². The topological polar surface area (TPSA) is 41.3 Å². The summed E-state index contributed by atoms with van der Waals surface area (Å²) in [4.78, 5) is 2.34. The highest BCUT2D eigenvalue weighted by Gasteiger charge is 2.38. The average Bonchev–Trinajstić information content (AvgIpc) is 2.80. The molecular formula is C17H23N3O. The largest absolute Gasteiger partial charge is 0.382 e. The van der Waals surface area contributed by atoms with Gasteiger partial charge in [-0.25, -0.2) is 0 Å². The van der Waals surface area contributed by atoms with Crippen molar-refractivity contribution in [3.63, 3.8) is 0 Å². The van der Waals surface area contributed by atoms with Crippen molar-refractivity contribution in [2.75, 3.05) is 13.1 Å². The highest BCUT2D eigenvalue weighted by Crippen LogP contribution is 2.33. The van der Waals surface area contributed by atoms with E-state index in [1.807, 2.05) is 30.9 Å². The first kappa shape index (κ1) is 14.3. The first-order valence-corrected chi connectivity index (χ1v) is 7.56. The fourth-order valence-corrected chi connectivity index (χ4v) is 3.51. The van der Waals surface area contributed by atoms with Crippen LogP contribution in [0.5, 0.6) is 0 Å². The minimum Gasteiger partial charge on any atom is -0.382 e. The van der Waals surface area contributed by atoms with Crippen molar-refractivity contribution >= 4 is 0 Å². The lowest BCUT2D eigenvalue weighted by atomic mass is 9.87. The van der Waals surface area contributed by atoms with E-state index in [0.29, 0.717) is 6.54 Å². The highest BCUT2D eigenvalue weighted by atomic mass is 16.3. The predicted octanol–water partition coefficient (Wildman–Crippen LogP) is 2.21. The second kappa shape index (κ2) is 5.62. The molecule has 21 heavy (non-hydrogen) atoms. The molecule has 2 aromatic rings. The molecule has 1 atom stereocenters. The van der Waals surface area contributed by atoms with Gasteiger partial charge in [0.15, 0.2) is 0 Å². The third-order valence-corrected chi connectivity index (χ3v) is 4.36. The molecule has 4 nitrogen and oxygen atoms in total. The maximum absolute atomic E-state index is 11.1. The Morgan fingerprint density at radius 2 is 2.05 bits per heavy atom. The Hall–Kier alpha value is -1.65. The van der Waals surface area contributed by atoms with Crippen molar-refractivity contribution in [1.82, 2.24) is 14.7 Å². The van der Waals surface area contributed by atoms with Crippen LogP contribution in [0.15, 0.2) is 36.5 Å². The molecule has 1 aliphatic heterocycles. The maximum Gasteiger partial charge on any atom is 0.119 e. The third kappa shape index (κ3) is 2.87. The number of rotatable bonds is 3. The first-order valence-electron chi connectivity index (χ1n) is 7.56. The van der Waals surface area contributed by atoms with Gasteiger partial charge in [-0.2, -0.15) is 5.10 Å². The molecule has 1 fully saturated rings. The zero-order chi connectivity index (χ0) is 14.9. The third-order valence-electron chi connectivity index (χ3n) is 4.36. The number of nitrogens with zero attached hydrogens (tertiary/aromatic N) is 3. The van der Waals surface area contributed by atoms with Crippen LogP contribution in [0.4, 0.5) is 0 Å². The van der Waals surface area contributed by atoms with Gasteiger partial charge in [0.2, 0.25) is 0 Å². The number of piperidine rings is 1. The number of β-amino-alcohol motifs (C(OH)–C–C–N with tert-alkyl or cyclic N) is 1. The average molecular weight is 285 g/mol. The van der Waals surface area contributed by atoms with E-state index in [1.165, 1.54) is 5.56 Å². The van der Waals surface area contributed by atoms with Crippen molar-refractivity contribution in [3.05, 3.63) is 53.3 Å². The van der Waals surface area contributed by atoms with Crippen LogP contribution in [-0.4, -0.2) is 32.9 Å². The summed E-state index contributed by atoms with van der Waals surface area (Å²) in [6, 6.07) is 10.5. The van der Waals surface area contributed by atoms with Crippen LogP contribution < -0.4 is 0 Å². The van der Waals surface area contributed by atoms with E-state index in [4.69, 9.17) is 0 Å². The Morgan fingerprint density at radius 3 is 2.71 bits per heavy atom. The molecule has 1 N–H and O–H groups in total. The number of benzene rings is 1. The Labute approximate surface area is 126 Å². The first-order chi connectivity index (χ1) is 10.1. The number of likely N-dealkylation sites (tertiary alicyclic amines) is 1. The molecule has 1 aliphatic rings. The lowest BCUT2D eigenvalue weighted by Crippen LogP contribution is -2.47. The quantitative estimate of drug-likeness (QED) is 0.940. The molecule has 112 valence electrons. The number of aliphatic hydroxyl groups is 1. The maximum atomic E-state index is 11.1. The van der Waals surface area contributed by atoms with E-state index in [0.717, 1.165) is 37.2 Å². The van der Waals surface area contributed by atoms with Gasteiger partial charge in [0.1, 0.15) is 5.60 Å². The molecule has 0 aliphatic carbocycles. The van der Waals surface area contributed by atoms with Gasteiger partial charge in [-0.05, 0) is 37.4 Å². The summed E-state index contributed by atoms with van der Waals surface area (Å²) in [6.07, 6.45) is 3.65. The molecule has 0 saturated carbocycles. The van der Waals surface area contributed by atoms with Crippen LogP contribution in [-0.2, 0) is 19.2 Å².